The molecule has 0 heterocycles. The van der Waals surface area contributed by atoms with E-state index in [0.29, 0.717) is 17.9 Å². The van der Waals surface area contributed by atoms with Crippen LogP contribution in [0.5, 0.6) is 0 Å². The van der Waals surface area contributed by atoms with Crippen LogP contribution < -0.4 is 0 Å². The summed E-state index contributed by atoms with van der Waals surface area (Å²) in [5, 5.41) is 12.6. The van der Waals surface area contributed by atoms with Crippen molar-refractivity contribution >= 4 is 11.7 Å². The summed E-state index contributed by atoms with van der Waals surface area (Å²) in [6.45, 7) is 2.10. The number of carbonyl (C=O) groups excluding carboxylic acids is 1. The van der Waals surface area contributed by atoms with Crippen LogP contribution in [0.15, 0.2) is 47.6 Å². The normalized spacial score (nSPS) is 13.9. The van der Waals surface area contributed by atoms with Crippen molar-refractivity contribution in [2.75, 3.05) is 6.61 Å². The van der Waals surface area contributed by atoms with Crippen molar-refractivity contribution in [3.05, 3.63) is 59.2 Å². The van der Waals surface area contributed by atoms with E-state index in [1.54, 1.807) is 19.1 Å². The first-order valence-corrected chi connectivity index (χ1v) is 6.40. The summed E-state index contributed by atoms with van der Waals surface area (Å²) in [5.41, 5.74) is 4.21. The van der Waals surface area contributed by atoms with Gasteiger partial charge in [0.2, 0.25) is 0 Å². The highest BCUT2D eigenvalue weighted by atomic mass is 16.5. The summed E-state index contributed by atoms with van der Waals surface area (Å²) < 4.78 is 5.10. The molecule has 0 aliphatic heterocycles. The van der Waals surface area contributed by atoms with E-state index >= 15 is 0 Å². The summed E-state index contributed by atoms with van der Waals surface area (Å²) >= 11 is 0. The molecular formula is C16H13NO3. The van der Waals surface area contributed by atoms with Crippen LogP contribution in [-0.4, -0.2) is 23.5 Å². The lowest BCUT2D eigenvalue weighted by atomic mass is 9.99. The quantitative estimate of drug-likeness (QED) is 0.441. The van der Waals surface area contributed by atoms with Gasteiger partial charge in [-0.1, -0.05) is 41.6 Å². The lowest BCUT2D eigenvalue weighted by molar-refractivity contribution is 0.0527. The van der Waals surface area contributed by atoms with E-state index in [2.05, 4.69) is 5.16 Å². The summed E-state index contributed by atoms with van der Waals surface area (Å²) in [6.07, 6.45) is 0. The van der Waals surface area contributed by atoms with Gasteiger partial charge >= 0.3 is 5.97 Å². The third-order valence-electron chi connectivity index (χ3n) is 3.37. The highest BCUT2D eigenvalue weighted by molar-refractivity contribution is 6.26. The number of ether oxygens (including phenoxy) is 1. The number of nitrogens with zero attached hydrogens (tertiary/aromatic N) is 1. The molecule has 0 saturated carbocycles. The molecule has 1 N–H and O–H groups in total. The molecule has 0 amide bonds. The second kappa shape index (κ2) is 4.81. The monoisotopic (exact) mass is 267 g/mol. The van der Waals surface area contributed by atoms with Gasteiger partial charge < -0.3 is 9.94 Å². The molecule has 0 radical (unpaired) electrons. The molecule has 20 heavy (non-hydrogen) atoms. The molecule has 1 aliphatic carbocycles. The third-order valence-corrected chi connectivity index (χ3v) is 3.37. The predicted molar refractivity (Wildman–Crippen MR) is 75.3 cm³/mol. The third kappa shape index (κ3) is 1.69. The van der Waals surface area contributed by atoms with E-state index < -0.39 is 0 Å². The van der Waals surface area contributed by atoms with Crippen LogP contribution in [0.1, 0.15) is 28.4 Å². The minimum atomic E-state index is -0.363. The Morgan fingerprint density at radius 3 is 2.50 bits per heavy atom. The van der Waals surface area contributed by atoms with Gasteiger partial charge in [0.1, 0.15) is 5.71 Å². The fraction of sp³-hybridized carbons (Fsp3) is 0.125. The van der Waals surface area contributed by atoms with Crippen molar-refractivity contribution in [2.24, 2.45) is 5.16 Å². The van der Waals surface area contributed by atoms with Crippen LogP contribution in [0.4, 0.5) is 0 Å². The minimum Gasteiger partial charge on any atom is -0.462 e. The van der Waals surface area contributed by atoms with E-state index in [9.17, 15) is 10.0 Å². The second-order valence-corrected chi connectivity index (χ2v) is 4.44. The molecule has 2 aromatic carbocycles. The van der Waals surface area contributed by atoms with E-state index in [4.69, 9.17) is 4.74 Å². The number of oxime groups is 1. The Morgan fingerprint density at radius 1 is 1.10 bits per heavy atom. The Kier molecular flexibility index (Phi) is 2.99. The molecule has 100 valence electrons. The second-order valence-electron chi connectivity index (χ2n) is 4.44. The van der Waals surface area contributed by atoms with E-state index in [-0.39, 0.29) is 5.97 Å². The van der Waals surface area contributed by atoms with Crippen LogP contribution in [0.2, 0.25) is 0 Å². The van der Waals surface area contributed by atoms with Gasteiger partial charge in [-0.15, -0.1) is 0 Å². The molecule has 0 aromatic heterocycles. The Morgan fingerprint density at radius 2 is 1.80 bits per heavy atom. The maximum atomic E-state index is 12.1. The Hall–Kier alpha value is -2.62. The van der Waals surface area contributed by atoms with Crippen molar-refractivity contribution < 1.29 is 14.7 Å². The topological polar surface area (TPSA) is 58.9 Å². The number of benzene rings is 2. The highest BCUT2D eigenvalue weighted by Crippen LogP contribution is 2.39. The van der Waals surface area contributed by atoms with E-state index in [1.807, 2.05) is 30.3 Å². The van der Waals surface area contributed by atoms with Crippen LogP contribution in [0.25, 0.3) is 11.1 Å². The summed E-state index contributed by atoms with van der Waals surface area (Å²) in [5.74, 6) is -0.363. The van der Waals surface area contributed by atoms with Crippen LogP contribution in [0, 0.1) is 0 Å². The zero-order chi connectivity index (χ0) is 14.1. The predicted octanol–water partition coefficient (Wildman–Crippen LogP) is 3.07. The lowest BCUT2D eigenvalue weighted by Gasteiger charge is -2.08. The van der Waals surface area contributed by atoms with Crippen molar-refractivity contribution in [1.82, 2.24) is 0 Å². The first kappa shape index (κ1) is 12.4. The van der Waals surface area contributed by atoms with Gasteiger partial charge in [-0.05, 0) is 18.6 Å². The number of fused-ring (bicyclic) bond motifs is 3. The highest BCUT2D eigenvalue weighted by Gasteiger charge is 2.29. The summed E-state index contributed by atoms with van der Waals surface area (Å²) in [4.78, 5) is 12.1. The van der Waals surface area contributed by atoms with Gasteiger partial charge in [-0.2, -0.15) is 0 Å². The lowest BCUT2D eigenvalue weighted by Crippen LogP contribution is -2.07. The van der Waals surface area contributed by atoms with Crippen LogP contribution in [-0.2, 0) is 4.74 Å². The standard InChI is InChI=1S/C16H13NO3/c1-2-20-16(18)13-9-5-8-12-14(13)10-6-3-4-7-11(10)15(12)17-19/h3-9,19H,2H2,1H3. The molecule has 3 rings (SSSR count). The van der Waals surface area contributed by atoms with Gasteiger partial charge in [-0.3, -0.25) is 0 Å². The molecule has 0 bridgehead atoms. The van der Waals surface area contributed by atoms with Gasteiger partial charge in [0, 0.05) is 16.7 Å². The fourth-order valence-electron chi connectivity index (χ4n) is 2.58. The Labute approximate surface area is 116 Å². The molecule has 4 heteroatoms. The number of carbonyl (C=O) groups is 1. The number of hydrogen-bond acceptors (Lipinski definition) is 4. The number of rotatable bonds is 2. The zero-order valence-corrected chi connectivity index (χ0v) is 11.0. The van der Waals surface area contributed by atoms with Gasteiger partial charge in [0.25, 0.3) is 0 Å². The first-order valence-electron chi connectivity index (χ1n) is 6.40. The minimum absolute atomic E-state index is 0.324. The average molecular weight is 267 g/mol. The van der Waals surface area contributed by atoms with E-state index in [0.717, 1.165) is 22.3 Å². The summed E-state index contributed by atoms with van der Waals surface area (Å²) in [7, 11) is 0. The number of esters is 1. The van der Waals surface area contributed by atoms with Gasteiger partial charge in [-0.25, -0.2) is 4.79 Å². The maximum Gasteiger partial charge on any atom is 0.338 e. The van der Waals surface area contributed by atoms with Crippen molar-refractivity contribution in [2.45, 2.75) is 6.92 Å². The number of hydrogen-bond donors (Lipinski definition) is 1. The maximum absolute atomic E-state index is 12.1. The zero-order valence-electron chi connectivity index (χ0n) is 11.0. The molecule has 0 saturated heterocycles. The van der Waals surface area contributed by atoms with E-state index in [1.165, 1.54) is 0 Å². The molecule has 0 unspecified atom stereocenters. The molecule has 0 fully saturated rings. The van der Waals surface area contributed by atoms with Crippen molar-refractivity contribution in [3.8, 4) is 11.1 Å². The Bertz CT molecular complexity index is 719. The fourth-order valence-corrected chi connectivity index (χ4v) is 2.58. The van der Waals surface area contributed by atoms with Crippen LogP contribution >= 0.6 is 0 Å². The van der Waals surface area contributed by atoms with Gasteiger partial charge in [0.15, 0.2) is 0 Å². The molecule has 1 aliphatic rings. The molecule has 0 spiro atoms. The first-order chi connectivity index (χ1) is 9.77. The molecular weight excluding hydrogens is 254 g/mol. The van der Waals surface area contributed by atoms with Crippen molar-refractivity contribution in [3.63, 3.8) is 0 Å². The molecule has 0 atom stereocenters. The largest absolute Gasteiger partial charge is 0.462 e. The average Bonchev–Trinajstić information content (AvgIpc) is 2.81. The van der Waals surface area contributed by atoms with Crippen LogP contribution in [0.3, 0.4) is 0 Å². The summed E-state index contributed by atoms with van der Waals surface area (Å²) in [6, 6.07) is 12.9. The molecule has 2 aromatic rings. The Balaban J connectivity index is 2.28. The van der Waals surface area contributed by atoms with Crippen molar-refractivity contribution in [1.29, 1.82) is 0 Å². The van der Waals surface area contributed by atoms with Gasteiger partial charge in [0.05, 0.1) is 12.2 Å². The molecule has 4 nitrogen and oxygen atoms in total. The smallest absolute Gasteiger partial charge is 0.338 e. The SMILES string of the molecule is CCOC(=O)c1cccc2c1-c1ccccc1C2=NO.